The standard InChI is InChI=1S/C45H31NO2/c1-3-4-13-26-14-9-11-18-30(26)34-24-36-41-39-32(34)22-20-27-19-21-31-33(29-17-10-8-12-25(29)2)23-35(40(41)38(31)37(27)39)42-43(36)45(48)46(44(42)47)28-15-6-5-7-16-28/h5-12,14-24H,3-4,13H2,1-2H3. The van der Waals surface area contributed by atoms with Crippen molar-refractivity contribution in [3.05, 3.63) is 147 Å². The monoisotopic (exact) mass is 617 g/mol. The predicted molar refractivity (Wildman–Crippen MR) is 202 cm³/mol. The molecule has 0 aliphatic heterocycles. The van der Waals surface area contributed by atoms with Crippen molar-refractivity contribution in [1.82, 2.24) is 4.57 Å². The number of fused-ring (bicyclic) bond motifs is 3. The minimum atomic E-state index is -0.258. The second-order valence-corrected chi connectivity index (χ2v) is 13.4. The zero-order valence-corrected chi connectivity index (χ0v) is 26.9. The normalized spacial score (nSPS) is 12.4. The van der Waals surface area contributed by atoms with Crippen LogP contribution in [0.2, 0.25) is 0 Å². The van der Waals surface area contributed by atoms with Crippen molar-refractivity contribution in [2.75, 3.05) is 0 Å². The molecule has 0 aliphatic carbocycles. The molecule has 0 aliphatic rings. The molecule has 0 bridgehead atoms. The number of aromatic nitrogens is 1. The SMILES string of the molecule is CCCCc1ccccc1-c1cc2c3c(=O)n(-c4ccccc4)c(=O)c3c3cc(-c4ccccc4C)c4ccc5ccc1c1c5c4c3c21. The highest BCUT2D eigenvalue weighted by molar-refractivity contribution is 6.50. The molecule has 0 spiro atoms. The van der Waals surface area contributed by atoms with Gasteiger partial charge in [-0.3, -0.25) is 9.59 Å². The molecule has 9 aromatic carbocycles. The Morgan fingerprint density at radius 1 is 0.500 bits per heavy atom. The lowest BCUT2D eigenvalue weighted by Crippen LogP contribution is -2.23. The smallest absolute Gasteiger partial charge is 0.266 e. The molecule has 0 saturated heterocycles. The lowest BCUT2D eigenvalue weighted by atomic mass is 9.87. The Hall–Kier alpha value is -5.80. The van der Waals surface area contributed by atoms with Crippen molar-refractivity contribution in [3.63, 3.8) is 0 Å². The topological polar surface area (TPSA) is 39.1 Å². The van der Waals surface area contributed by atoms with Gasteiger partial charge >= 0.3 is 0 Å². The molecular weight excluding hydrogens is 587 g/mol. The van der Waals surface area contributed by atoms with Gasteiger partial charge in [-0.15, -0.1) is 0 Å². The van der Waals surface area contributed by atoms with Crippen LogP contribution in [0, 0.1) is 6.92 Å². The fourth-order valence-corrected chi connectivity index (χ4v) is 8.69. The molecule has 48 heavy (non-hydrogen) atoms. The van der Waals surface area contributed by atoms with Gasteiger partial charge in [0.2, 0.25) is 0 Å². The number of para-hydroxylation sites is 1. The molecule has 0 N–H and O–H groups in total. The van der Waals surface area contributed by atoms with Crippen molar-refractivity contribution in [2.45, 2.75) is 33.1 Å². The van der Waals surface area contributed by atoms with E-state index >= 15 is 0 Å². The first kappa shape index (κ1) is 27.3. The number of unbranched alkanes of at least 4 members (excludes halogenated alkanes) is 1. The van der Waals surface area contributed by atoms with Crippen LogP contribution < -0.4 is 11.1 Å². The highest BCUT2D eigenvalue weighted by Crippen LogP contribution is 2.54. The minimum Gasteiger partial charge on any atom is -0.268 e. The Morgan fingerprint density at radius 2 is 1.04 bits per heavy atom. The van der Waals surface area contributed by atoms with Crippen molar-refractivity contribution in [2.24, 2.45) is 0 Å². The van der Waals surface area contributed by atoms with Crippen LogP contribution in [0.3, 0.4) is 0 Å². The summed E-state index contributed by atoms with van der Waals surface area (Å²) in [6, 6.07) is 39.9. The highest BCUT2D eigenvalue weighted by atomic mass is 16.2. The van der Waals surface area contributed by atoms with Crippen LogP contribution in [0.5, 0.6) is 0 Å². The van der Waals surface area contributed by atoms with E-state index in [1.165, 1.54) is 53.6 Å². The first-order valence-electron chi connectivity index (χ1n) is 16.9. The minimum absolute atomic E-state index is 0.256. The van der Waals surface area contributed by atoms with Crippen molar-refractivity contribution in [1.29, 1.82) is 0 Å². The molecule has 0 radical (unpaired) electrons. The van der Waals surface area contributed by atoms with E-state index in [9.17, 15) is 9.59 Å². The lowest BCUT2D eigenvalue weighted by molar-refractivity contribution is 0.796. The van der Waals surface area contributed by atoms with Crippen LogP contribution in [0.4, 0.5) is 0 Å². The summed E-state index contributed by atoms with van der Waals surface area (Å²) in [6.07, 6.45) is 3.21. The number of nitrogens with zero attached hydrogens (tertiary/aromatic N) is 1. The molecule has 3 nitrogen and oxygen atoms in total. The Bertz CT molecular complexity index is 2970. The van der Waals surface area contributed by atoms with Gasteiger partial charge in [-0.05, 0) is 131 Å². The van der Waals surface area contributed by atoms with Gasteiger partial charge in [-0.25, -0.2) is 4.57 Å². The van der Waals surface area contributed by atoms with Crippen LogP contribution in [0.25, 0.3) is 92.6 Å². The largest absolute Gasteiger partial charge is 0.268 e. The maximum Gasteiger partial charge on any atom is 0.266 e. The van der Waals surface area contributed by atoms with E-state index < -0.39 is 0 Å². The molecule has 0 fully saturated rings. The summed E-state index contributed by atoms with van der Waals surface area (Å²) in [4.78, 5) is 29.4. The summed E-state index contributed by atoms with van der Waals surface area (Å²) in [7, 11) is 0. The van der Waals surface area contributed by atoms with Crippen molar-refractivity contribution in [3.8, 4) is 27.9 Å². The van der Waals surface area contributed by atoms with Crippen LogP contribution in [0.1, 0.15) is 30.9 Å². The van der Waals surface area contributed by atoms with E-state index in [1.807, 2.05) is 30.3 Å². The Kier molecular flexibility index (Phi) is 5.61. The number of hydrogen-bond donors (Lipinski definition) is 0. The zero-order valence-electron chi connectivity index (χ0n) is 26.9. The molecule has 228 valence electrons. The van der Waals surface area contributed by atoms with Crippen molar-refractivity contribution < 1.29 is 0 Å². The fourth-order valence-electron chi connectivity index (χ4n) is 8.69. The Labute approximate surface area is 276 Å². The molecule has 1 heterocycles. The Morgan fingerprint density at radius 3 is 1.67 bits per heavy atom. The summed E-state index contributed by atoms with van der Waals surface area (Å²) >= 11 is 0. The lowest BCUT2D eigenvalue weighted by Gasteiger charge is -2.15. The van der Waals surface area contributed by atoms with Gasteiger partial charge in [0.15, 0.2) is 0 Å². The second kappa shape index (κ2) is 9.85. The molecule has 0 atom stereocenters. The summed E-state index contributed by atoms with van der Waals surface area (Å²) in [6.45, 7) is 4.37. The van der Waals surface area contributed by atoms with Gasteiger partial charge in [0, 0.05) is 0 Å². The number of rotatable bonds is 6. The van der Waals surface area contributed by atoms with Crippen molar-refractivity contribution >= 4 is 64.6 Å². The maximum absolute atomic E-state index is 14.7. The Balaban J connectivity index is 1.50. The molecule has 0 saturated carbocycles. The number of aryl methyl sites for hydroxylation is 2. The van der Waals surface area contributed by atoms with Gasteiger partial charge in [0.1, 0.15) is 0 Å². The van der Waals surface area contributed by atoms with E-state index in [4.69, 9.17) is 0 Å². The fraction of sp³-hybridized carbons (Fsp3) is 0.111. The molecule has 10 rings (SSSR count). The predicted octanol–water partition coefficient (Wildman–Crippen LogP) is 10.9. The summed E-state index contributed by atoms with van der Waals surface area (Å²) in [5.74, 6) is 0. The van der Waals surface area contributed by atoms with E-state index in [0.29, 0.717) is 16.5 Å². The van der Waals surface area contributed by atoms with Gasteiger partial charge in [0.25, 0.3) is 11.1 Å². The average molecular weight is 618 g/mol. The third-order valence-corrected chi connectivity index (χ3v) is 10.8. The van der Waals surface area contributed by atoms with Gasteiger partial charge in [-0.2, -0.15) is 0 Å². The summed E-state index contributed by atoms with van der Waals surface area (Å²) < 4.78 is 1.38. The van der Waals surface area contributed by atoms with Gasteiger partial charge in [-0.1, -0.05) is 104 Å². The highest BCUT2D eigenvalue weighted by Gasteiger charge is 2.29. The second-order valence-electron chi connectivity index (χ2n) is 13.4. The molecular formula is C45H31NO2. The van der Waals surface area contributed by atoms with Crippen LogP contribution in [0.15, 0.2) is 125 Å². The average Bonchev–Trinajstić information content (AvgIpc) is 3.62. The third-order valence-electron chi connectivity index (χ3n) is 10.8. The summed E-state index contributed by atoms with van der Waals surface area (Å²) in [5, 5.41) is 12.1. The van der Waals surface area contributed by atoms with E-state index in [0.717, 1.165) is 57.5 Å². The van der Waals surface area contributed by atoms with E-state index in [2.05, 4.69) is 98.8 Å². The molecule has 3 heteroatoms. The molecule has 10 aromatic rings. The van der Waals surface area contributed by atoms with Crippen LogP contribution in [-0.2, 0) is 6.42 Å². The van der Waals surface area contributed by atoms with Crippen LogP contribution >= 0.6 is 0 Å². The number of benzene rings is 8. The summed E-state index contributed by atoms with van der Waals surface area (Å²) in [5.41, 5.74) is 7.10. The molecule has 1 aromatic heterocycles. The first-order valence-corrected chi connectivity index (χ1v) is 16.9. The third kappa shape index (κ3) is 3.43. The molecule has 0 unspecified atom stereocenters. The van der Waals surface area contributed by atoms with Gasteiger partial charge in [0.05, 0.1) is 16.5 Å². The quantitative estimate of drug-likeness (QED) is 0.174. The zero-order chi connectivity index (χ0) is 32.3. The van der Waals surface area contributed by atoms with E-state index in [-0.39, 0.29) is 11.1 Å². The maximum atomic E-state index is 14.7. The van der Waals surface area contributed by atoms with Crippen LogP contribution in [-0.4, -0.2) is 4.57 Å². The van der Waals surface area contributed by atoms with E-state index in [1.54, 1.807) is 0 Å². The van der Waals surface area contributed by atoms with Gasteiger partial charge < -0.3 is 0 Å². The number of hydrogen-bond acceptors (Lipinski definition) is 2. The molecule has 0 amide bonds. The first-order chi connectivity index (χ1) is 23.6.